The van der Waals surface area contributed by atoms with Crippen molar-refractivity contribution in [2.45, 2.75) is 38.7 Å². The van der Waals surface area contributed by atoms with Gasteiger partial charge in [-0.1, -0.05) is 0 Å². The lowest BCUT2D eigenvalue weighted by molar-refractivity contribution is 0.180. The highest BCUT2D eigenvalue weighted by molar-refractivity contribution is 5.75. The number of aryl methyl sites for hydroxylation is 2. The molecule has 0 fully saturated rings. The molecule has 0 aliphatic heterocycles. The zero-order chi connectivity index (χ0) is 20.8. The maximum Gasteiger partial charge on any atom is 0.332 e. The van der Waals surface area contributed by atoms with E-state index in [2.05, 4.69) is 0 Å². The second-order valence-electron chi connectivity index (χ2n) is 4.63. The van der Waals surface area contributed by atoms with Crippen LogP contribution in [-0.4, -0.2) is 24.9 Å². The average Bonchev–Trinajstić information content (AvgIpc) is 2.96. The highest BCUT2D eigenvalue weighted by atomic mass is 16.3. The van der Waals surface area contributed by atoms with Crippen LogP contribution in [0.5, 0.6) is 0 Å². The summed E-state index contributed by atoms with van der Waals surface area (Å²) in [4.78, 5) is 25.1. The monoisotopic (exact) mass is 286 g/mol. The van der Waals surface area contributed by atoms with Crippen molar-refractivity contribution in [1.82, 2.24) is 13.7 Å². The number of hydrogen-bond donors (Lipinski definition) is 1. The van der Waals surface area contributed by atoms with E-state index in [4.69, 9.17) is 9.60 Å². The van der Waals surface area contributed by atoms with E-state index in [1.54, 1.807) is 0 Å². The summed E-state index contributed by atoms with van der Waals surface area (Å²) in [5.74, 6) is 0. The Labute approximate surface area is 126 Å². The summed E-state index contributed by atoms with van der Waals surface area (Å²) < 4.78 is 54.2. The third-order valence-corrected chi connectivity index (χ3v) is 3.22. The van der Waals surface area contributed by atoms with Crippen LogP contribution >= 0.6 is 0 Å². The van der Waals surface area contributed by atoms with Gasteiger partial charge in [0.25, 0.3) is 5.56 Å². The molecule has 20 heavy (non-hydrogen) atoms. The minimum Gasteiger partial charge on any atom is -0.393 e. The van der Waals surface area contributed by atoms with Gasteiger partial charge in [0.15, 0.2) is 0 Å². The maximum absolute atomic E-state index is 12.6. The molecule has 2 heterocycles. The fourth-order valence-electron chi connectivity index (χ4n) is 2.20. The second-order valence-corrected chi connectivity index (χ2v) is 4.63. The van der Waals surface area contributed by atoms with E-state index in [0.717, 1.165) is 13.7 Å². The minimum atomic E-state index is -2.85. The molecule has 1 atom stereocenters. The Balaban J connectivity index is 2.29. The molecule has 2 aromatic heterocycles. The van der Waals surface area contributed by atoms with Crippen LogP contribution in [0.15, 0.2) is 21.9 Å². The van der Waals surface area contributed by atoms with Crippen molar-refractivity contribution in [2.75, 3.05) is 0 Å². The smallest absolute Gasteiger partial charge is 0.332 e. The van der Waals surface area contributed by atoms with Gasteiger partial charge in [0.1, 0.15) is 5.65 Å². The third kappa shape index (κ3) is 2.56. The predicted octanol–water partition coefficient (Wildman–Crippen LogP) is 0.590. The Morgan fingerprint density at radius 1 is 1.45 bits per heavy atom. The van der Waals surface area contributed by atoms with Crippen LogP contribution in [0, 0.1) is 0 Å². The van der Waals surface area contributed by atoms with Gasteiger partial charge in [0.05, 0.1) is 12.8 Å². The van der Waals surface area contributed by atoms with E-state index in [1.807, 2.05) is 0 Å². The van der Waals surface area contributed by atoms with Gasteiger partial charge < -0.3 is 9.67 Å². The van der Waals surface area contributed by atoms with Crippen molar-refractivity contribution in [1.29, 1.82) is 0 Å². The fourth-order valence-corrected chi connectivity index (χ4v) is 2.20. The number of aromatic nitrogens is 3. The Bertz CT molecular complexity index is 950. The van der Waals surface area contributed by atoms with E-state index in [-0.39, 0.29) is 36.8 Å². The van der Waals surface area contributed by atoms with Crippen LogP contribution in [0.3, 0.4) is 0 Å². The molecule has 0 aromatic carbocycles. The van der Waals surface area contributed by atoms with Crippen molar-refractivity contribution in [3.05, 3.63) is 33.1 Å². The molecule has 0 bridgehead atoms. The molecule has 2 rings (SSSR count). The first-order valence-corrected chi connectivity index (χ1v) is 6.22. The lowest BCUT2D eigenvalue weighted by Gasteiger charge is -2.10. The molecule has 0 saturated heterocycles. The zero-order valence-electron chi connectivity index (χ0n) is 18.1. The molecule has 1 N–H and O–H groups in total. The van der Waals surface area contributed by atoms with E-state index >= 15 is 0 Å². The summed E-state index contributed by atoms with van der Waals surface area (Å²) in [6.45, 7) is -5.44. The van der Waals surface area contributed by atoms with Gasteiger partial charge in [0, 0.05) is 35.0 Å². The lowest BCUT2D eigenvalue weighted by Crippen LogP contribution is -2.39. The molecule has 0 aliphatic carbocycles. The minimum absolute atomic E-state index is 0.0100. The Morgan fingerprint density at radius 3 is 2.95 bits per heavy atom. The number of aliphatic hydroxyl groups is 1. The lowest BCUT2D eigenvalue weighted by atomic mass is 10.2. The molecule has 0 saturated carbocycles. The number of fused-ring (bicyclic) bond motifs is 1. The Kier molecular flexibility index (Phi) is 2.22. The van der Waals surface area contributed by atoms with Gasteiger partial charge in [-0.15, -0.1) is 0 Å². The van der Waals surface area contributed by atoms with Gasteiger partial charge in [-0.2, -0.15) is 0 Å². The summed E-state index contributed by atoms with van der Waals surface area (Å²) in [5, 5.41) is 9.71. The fraction of sp³-hybridized carbons (Fsp3) is 0.571. The normalized spacial score (nSPS) is 21.0. The van der Waals surface area contributed by atoms with Crippen molar-refractivity contribution < 1.29 is 14.7 Å². The van der Waals surface area contributed by atoms with E-state index in [0.29, 0.717) is 0 Å². The molecule has 0 aliphatic rings. The number of rotatable bonds is 5. The molecule has 110 valence electrons. The first-order chi connectivity index (χ1) is 12.2. The molecule has 2 aromatic rings. The van der Waals surface area contributed by atoms with Crippen LogP contribution < -0.4 is 11.2 Å². The van der Waals surface area contributed by atoms with E-state index < -0.39 is 31.2 Å². The highest BCUT2D eigenvalue weighted by Gasteiger charge is 2.12. The number of hydrogen-bond acceptors (Lipinski definition) is 3. The van der Waals surface area contributed by atoms with Crippen LogP contribution in [0.25, 0.3) is 11.0 Å². The summed E-state index contributed by atoms with van der Waals surface area (Å²) in [7, 11) is 1.36. The predicted molar refractivity (Wildman–Crippen MR) is 78.0 cm³/mol. The van der Waals surface area contributed by atoms with Gasteiger partial charge in [-0.25, -0.2) is 4.79 Å². The van der Waals surface area contributed by atoms with Crippen LogP contribution in [0.1, 0.15) is 35.7 Å². The van der Waals surface area contributed by atoms with Crippen molar-refractivity contribution in [2.24, 2.45) is 14.0 Å². The summed E-state index contributed by atoms with van der Waals surface area (Å²) in [6.07, 6.45) is -1.40. The van der Waals surface area contributed by atoms with E-state index in [1.165, 1.54) is 19.3 Å². The van der Waals surface area contributed by atoms with Crippen molar-refractivity contribution >= 4 is 11.0 Å². The third-order valence-electron chi connectivity index (χ3n) is 3.22. The summed E-state index contributed by atoms with van der Waals surface area (Å²) >= 11 is 0. The second kappa shape index (κ2) is 5.66. The maximum atomic E-state index is 12.6. The SMILES string of the molecule is [2H]C([2H])([2H])n1ccc2c(=O)n(CCCCC([2H])(O)C([2H])([2H])[2H])c(=O)n(C)c21. The van der Waals surface area contributed by atoms with Crippen molar-refractivity contribution in [3.8, 4) is 0 Å². The molecule has 0 spiro atoms. The zero-order valence-corrected chi connectivity index (χ0v) is 11.1. The number of nitrogens with zero attached hydrogens (tertiary/aromatic N) is 3. The largest absolute Gasteiger partial charge is 0.393 e. The summed E-state index contributed by atoms with van der Waals surface area (Å²) in [6, 6.07) is 1.33. The molecule has 0 amide bonds. The molecule has 0 radical (unpaired) electrons. The molecule has 6 heteroatoms. The topological polar surface area (TPSA) is 69.2 Å². The van der Waals surface area contributed by atoms with Crippen molar-refractivity contribution in [3.63, 3.8) is 0 Å². The van der Waals surface area contributed by atoms with E-state index in [9.17, 15) is 14.7 Å². The standard InChI is InChI=1S/C14H21N3O3/c1-10(18)6-4-5-8-17-13(19)11-7-9-15(2)12(11)16(3)14(17)20/h7,9-10,18H,4-6,8H2,1-3H3/i1D3,2D3,10D. The van der Waals surface area contributed by atoms with Gasteiger partial charge in [0.2, 0.25) is 0 Å². The van der Waals surface area contributed by atoms with Crippen LogP contribution in [0.4, 0.5) is 0 Å². The van der Waals surface area contributed by atoms with Gasteiger partial charge in [-0.05, 0) is 32.2 Å². The highest BCUT2D eigenvalue weighted by Crippen LogP contribution is 2.07. The average molecular weight is 286 g/mol. The first kappa shape index (κ1) is 7.83. The molecule has 1 unspecified atom stereocenters. The molecular weight excluding hydrogens is 258 g/mol. The summed E-state index contributed by atoms with van der Waals surface area (Å²) in [5.41, 5.74) is -1.36. The van der Waals surface area contributed by atoms with Crippen LogP contribution in [0.2, 0.25) is 0 Å². The van der Waals surface area contributed by atoms with Gasteiger partial charge >= 0.3 is 5.69 Å². The molecule has 6 nitrogen and oxygen atoms in total. The molecular formula is C14H21N3O3. The quantitative estimate of drug-likeness (QED) is 0.818. The Hall–Kier alpha value is -1.82. The van der Waals surface area contributed by atoms with Gasteiger partial charge in [-0.3, -0.25) is 13.9 Å². The Morgan fingerprint density at radius 2 is 2.25 bits per heavy atom. The first-order valence-electron chi connectivity index (χ1n) is 9.72. The number of unbranched alkanes of at least 4 members (excludes halogenated alkanes) is 1. The van der Waals surface area contributed by atoms with Crippen LogP contribution in [-0.2, 0) is 20.6 Å².